The lowest BCUT2D eigenvalue weighted by Gasteiger charge is -2.10. The quantitative estimate of drug-likeness (QED) is 0.541. The number of pyridine rings is 2. The van der Waals surface area contributed by atoms with Crippen molar-refractivity contribution in [3.05, 3.63) is 64.5 Å². The first kappa shape index (κ1) is 12.1. The molecule has 0 aliphatic heterocycles. The van der Waals surface area contributed by atoms with E-state index in [0.29, 0.717) is 21.8 Å². The largest absolute Gasteiger partial charge is 0.443 e. The molecule has 0 radical (unpaired) electrons. The second-order valence-electron chi connectivity index (χ2n) is 4.54. The Bertz CT molecular complexity index is 1020. The first-order valence-corrected chi connectivity index (χ1v) is 6.61. The van der Waals surface area contributed by atoms with E-state index >= 15 is 0 Å². The van der Waals surface area contributed by atoms with Crippen molar-refractivity contribution in [3.63, 3.8) is 0 Å². The molecule has 0 spiro atoms. The van der Waals surface area contributed by atoms with E-state index in [2.05, 4.69) is 9.97 Å². The van der Waals surface area contributed by atoms with Crippen LogP contribution < -0.4 is 5.56 Å². The van der Waals surface area contributed by atoms with Crippen LogP contribution in [0.5, 0.6) is 0 Å². The van der Waals surface area contributed by atoms with Crippen LogP contribution in [0.4, 0.5) is 0 Å². The lowest BCUT2D eigenvalue weighted by Crippen LogP contribution is -2.19. The summed E-state index contributed by atoms with van der Waals surface area (Å²) in [5, 5.41) is 1.31. The van der Waals surface area contributed by atoms with Crippen LogP contribution in [0.1, 0.15) is 0 Å². The molecule has 0 fully saturated rings. The maximum Gasteiger partial charge on any atom is 0.285 e. The number of halogens is 1. The summed E-state index contributed by atoms with van der Waals surface area (Å²) in [4.78, 5) is 20.8. The van der Waals surface area contributed by atoms with Crippen molar-refractivity contribution in [1.29, 1.82) is 0 Å². The van der Waals surface area contributed by atoms with Crippen LogP contribution in [0, 0.1) is 0 Å². The number of aromatic nitrogens is 3. The number of benzene rings is 1. The van der Waals surface area contributed by atoms with E-state index in [0.717, 1.165) is 5.39 Å². The molecular weight excluding hydrogens is 290 g/mol. The van der Waals surface area contributed by atoms with Crippen LogP contribution in [-0.2, 0) is 0 Å². The third kappa shape index (κ3) is 1.75. The summed E-state index contributed by atoms with van der Waals surface area (Å²) in [5.74, 6) is 0. The molecule has 102 valence electrons. The molecule has 0 aliphatic rings. The lowest BCUT2D eigenvalue weighted by atomic mass is 10.2. The van der Waals surface area contributed by atoms with Gasteiger partial charge in [0.05, 0.1) is 17.4 Å². The summed E-state index contributed by atoms with van der Waals surface area (Å²) in [7, 11) is 0. The summed E-state index contributed by atoms with van der Waals surface area (Å²) in [6.45, 7) is 0. The molecule has 3 aromatic heterocycles. The average molecular weight is 298 g/mol. The van der Waals surface area contributed by atoms with Gasteiger partial charge in [-0.15, -0.1) is 0 Å². The van der Waals surface area contributed by atoms with Gasteiger partial charge < -0.3 is 4.42 Å². The molecule has 5 nitrogen and oxygen atoms in total. The van der Waals surface area contributed by atoms with Gasteiger partial charge in [0.25, 0.3) is 5.56 Å². The Kier molecular flexibility index (Phi) is 2.55. The van der Waals surface area contributed by atoms with Gasteiger partial charge in [0.1, 0.15) is 0 Å². The van der Waals surface area contributed by atoms with E-state index in [1.807, 2.05) is 6.07 Å². The molecule has 0 amide bonds. The Balaban J connectivity index is 2.28. The van der Waals surface area contributed by atoms with Gasteiger partial charge in [0, 0.05) is 16.6 Å². The molecule has 21 heavy (non-hydrogen) atoms. The van der Waals surface area contributed by atoms with Crippen LogP contribution in [0.15, 0.2) is 58.3 Å². The number of hydrogen-bond donors (Lipinski definition) is 0. The first-order chi connectivity index (χ1) is 10.3. The van der Waals surface area contributed by atoms with E-state index in [9.17, 15) is 4.79 Å². The Morgan fingerprint density at radius 1 is 1.24 bits per heavy atom. The third-order valence-electron chi connectivity index (χ3n) is 3.32. The normalized spacial score (nSPS) is 11.3. The predicted octanol–water partition coefficient (Wildman–Crippen LogP) is 3.18. The minimum atomic E-state index is -0.262. The smallest absolute Gasteiger partial charge is 0.285 e. The van der Waals surface area contributed by atoms with E-state index < -0.39 is 0 Å². The van der Waals surface area contributed by atoms with Crippen molar-refractivity contribution in [2.45, 2.75) is 0 Å². The molecule has 0 unspecified atom stereocenters. The second-order valence-corrected chi connectivity index (χ2v) is 4.98. The minimum absolute atomic E-state index is 0.262. The van der Waals surface area contributed by atoms with Crippen molar-refractivity contribution in [2.24, 2.45) is 0 Å². The van der Waals surface area contributed by atoms with Crippen LogP contribution in [-0.4, -0.2) is 14.5 Å². The summed E-state index contributed by atoms with van der Waals surface area (Å²) in [6, 6.07) is 8.88. The van der Waals surface area contributed by atoms with Gasteiger partial charge in [-0.25, -0.2) is 4.98 Å². The molecule has 1 aromatic carbocycles. The fraction of sp³-hybridized carbons (Fsp3) is 0. The monoisotopic (exact) mass is 297 g/mol. The van der Waals surface area contributed by atoms with Gasteiger partial charge in [-0.3, -0.25) is 14.3 Å². The highest BCUT2D eigenvalue weighted by Crippen LogP contribution is 2.26. The zero-order chi connectivity index (χ0) is 14.4. The number of fused-ring (bicyclic) bond motifs is 3. The number of rotatable bonds is 1. The van der Waals surface area contributed by atoms with Gasteiger partial charge >= 0.3 is 0 Å². The molecule has 4 aromatic rings. The van der Waals surface area contributed by atoms with Crippen LogP contribution in [0.2, 0.25) is 5.02 Å². The molecule has 0 aliphatic carbocycles. The zero-order valence-corrected chi connectivity index (χ0v) is 11.4. The SMILES string of the molecule is O=c1c2ncoc2c2ccc(Cl)cc2n1-c1cccnc1. The van der Waals surface area contributed by atoms with Gasteiger partial charge in [-0.1, -0.05) is 11.6 Å². The average Bonchev–Trinajstić information content (AvgIpc) is 2.98. The Morgan fingerprint density at radius 2 is 2.14 bits per heavy atom. The highest BCUT2D eigenvalue weighted by atomic mass is 35.5. The summed E-state index contributed by atoms with van der Waals surface area (Å²) in [5.41, 5.74) is 1.80. The standard InChI is InChI=1S/C15H8ClN3O2/c16-9-3-4-11-12(6-9)19(10-2-1-5-17-7-10)15(20)13-14(11)21-8-18-13/h1-8H. The molecule has 0 atom stereocenters. The fourth-order valence-corrected chi connectivity index (χ4v) is 2.60. The van der Waals surface area contributed by atoms with Crippen LogP contribution in [0.3, 0.4) is 0 Å². The minimum Gasteiger partial charge on any atom is -0.443 e. The second kappa shape index (κ2) is 4.43. The molecule has 6 heteroatoms. The zero-order valence-electron chi connectivity index (χ0n) is 10.7. The Labute approximate surface area is 123 Å². The first-order valence-electron chi connectivity index (χ1n) is 6.23. The van der Waals surface area contributed by atoms with Gasteiger partial charge in [0.15, 0.2) is 17.5 Å². The molecule has 4 rings (SSSR count). The van der Waals surface area contributed by atoms with Crippen LogP contribution >= 0.6 is 11.6 Å². The number of oxazole rings is 1. The van der Waals surface area contributed by atoms with Gasteiger partial charge in [-0.05, 0) is 30.3 Å². The highest BCUT2D eigenvalue weighted by molar-refractivity contribution is 6.31. The molecule has 0 N–H and O–H groups in total. The fourth-order valence-electron chi connectivity index (χ4n) is 2.43. The molecule has 0 bridgehead atoms. The van der Waals surface area contributed by atoms with Crippen molar-refractivity contribution in [2.75, 3.05) is 0 Å². The summed E-state index contributed by atoms with van der Waals surface area (Å²) < 4.78 is 6.90. The van der Waals surface area contributed by atoms with Crippen molar-refractivity contribution < 1.29 is 4.42 Å². The number of hydrogen-bond acceptors (Lipinski definition) is 4. The molecule has 3 heterocycles. The van der Waals surface area contributed by atoms with Crippen LogP contribution in [0.25, 0.3) is 27.7 Å². The lowest BCUT2D eigenvalue weighted by molar-refractivity contribution is 0.605. The summed E-state index contributed by atoms with van der Waals surface area (Å²) in [6.07, 6.45) is 4.54. The number of nitrogens with zero attached hydrogens (tertiary/aromatic N) is 3. The van der Waals surface area contributed by atoms with E-state index in [4.69, 9.17) is 16.0 Å². The molecular formula is C15H8ClN3O2. The highest BCUT2D eigenvalue weighted by Gasteiger charge is 2.15. The van der Waals surface area contributed by atoms with Gasteiger partial charge in [0.2, 0.25) is 0 Å². The Hall–Kier alpha value is -2.66. The van der Waals surface area contributed by atoms with E-state index in [1.54, 1.807) is 41.2 Å². The Morgan fingerprint density at radius 3 is 2.95 bits per heavy atom. The van der Waals surface area contributed by atoms with Crippen molar-refractivity contribution >= 4 is 33.6 Å². The van der Waals surface area contributed by atoms with Crippen molar-refractivity contribution in [3.8, 4) is 5.69 Å². The summed E-state index contributed by atoms with van der Waals surface area (Å²) >= 11 is 6.08. The van der Waals surface area contributed by atoms with E-state index in [-0.39, 0.29) is 11.1 Å². The third-order valence-corrected chi connectivity index (χ3v) is 3.56. The maximum absolute atomic E-state index is 12.7. The van der Waals surface area contributed by atoms with E-state index in [1.165, 1.54) is 6.39 Å². The molecule has 0 saturated heterocycles. The maximum atomic E-state index is 12.7. The predicted molar refractivity (Wildman–Crippen MR) is 79.9 cm³/mol. The van der Waals surface area contributed by atoms with Gasteiger partial charge in [-0.2, -0.15) is 0 Å². The molecule has 0 saturated carbocycles. The van der Waals surface area contributed by atoms with Crippen molar-refractivity contribution in [1.82, 2.24) is 14.5 Å². The topological polar surface area (TPSA) is 60.9 Å².